The molecule has 2 N–H and O–H groups in total. The van der Waals surface area contributed by atoms with Gasteiger partial charge in [0.2, 0.25) is 0 Å². The topological polar surface area (TPSA) is 66.9 Å². The Bertz CT molecular complexity index is 618. The van der Waals surface area contributed by atoms with E-state index in [1.54, 1.807) is 18.3 Å². The number of carbonyl (C=O) groups excluding carboxylic acids is 1. The van der Waals surface area contributed by atoms with Crippen LogP contribution in [0, 0.1) is 5.82 Å². The van der Waals surface area contributed by atoms with Crippen molar-refractivity contribution < 1.29 is 9.18 Å². The second kappa shape index (κ2) is 7.33. The Kier molecular flexibility index (Phi) is 5.20. The summed E-state index contributed by atoms with van der Waals surface area (Å²) in [7, 11) is 0. The zero-order valence-electron chi connectivity index (χ0n) is 11.8. The quantitative estimate of drug-likeness (QED) is 0.856. The lowest BCUT2D eigenvalue weighted by molar-refractivity contribution is 0.0945. The lowest BCUT2D eigenvalue weighted by Gasteiger charge is -2.07. The second-order valence-corrected chi connectivity index (χ2v) is 4.53. The highest BCUT2D eigenvalue weighted by Gasteiger charge is 2.08. The van der Waals surface area contributed by atoms with Crippen LogP contribution in [0.5, 0.6) is 0 Å². The molecule has 0 atom stereocenters. The van der Waals surface area contributed by atoms with Crippen molar-refractivity contribution in [3.05, 3.63) is 53.7 Å². The van der Waals surface area contributed by atoms with Crippen LogP contribution in [0.4, 0.5) is 10.2 Å². The van der Waals surface area contributed by atoms with Gasteiger partial charge in [-0.1, -0.05) is 19.1 Å². The molecular formula is C15H17FN4O. The van der Waals surface area contributed by atoms with Crippen LogP contribution >= 0.6 is 0 Å². The summed E-state index contributed by atoms with van der Waals surface area (Å²) in [4.78, 5) is 20.2. The van der Waals surface area contributed by atoms with Crippen molar-refractivity contribution >= 4 is 11.7 Å². The van der Waals surface area contributed by atoms with E-state index in [9.17, 15) is 9.18 Å². The Labute approximate surface area is 122 Å². The molecule has 0 radical (unpaired) electrons. The number of hydrogen-bond donors (Lipinski definition) is 2. The van der Waals surface area contributed by atoms with Crippen LogP contribution in [-0.2, 0) is 6.54 Å². The van der Waals surface area contributed by atoms with Crippen molar-refractivity contribution in [2.75, 3.05) is 11.9 Å². The molecule has 0 aliphatic carbocycles. The summed E-state index contributed by atoms with van der Waals surface area (Å²) in [5, 5.41) is 5.76. The fraction of sp³-hybridized carbons (Fsp3) is 0.267. The first-order valence-electron chi connectivity index (χ1n) is 6.77. The van der Waals surface area contributed by atoms with Gasteiger partial charge in [0.15, 0.2) is 0 Å². The van der Waals surface area contributed by atoms with Crippen LogP contribution in [0.3, 0.4) is 0 Å². The minimum atomic E-state index is -0.341. The average molecular weight is 288 g/mol. The first-order chi connectivity index (χ1) is 10.2. The molecule has 2 aromatic rings. The summed E-state index contributed by atoms with van der Waals surface area (Å²) in [6.45, 7) is 3.05. The van der Waals surface area contributed by atoms with Gasteiger partial charge in [-0.2, -0.15) is 0 Å². The van der Waals surface area contributed by atoms with E-state index in [1.165, 1.54) is 18.3 Å². The summed E-state index contributed by atoms with van der Waals surface area (Å²) in [5.74, 6) is -0.102. The molecule has 0 spiro atoms. The molecule has 21 heavy (non-hydrogen) atoms. The first kappa shape index (κ1) is 14.9. The molecule has 0 bridgehead atoms. The van der Waals surface area contributed by atoms with Gasteiger partial charge in [-0.05, 0) is 24.1 Å². The molecule has 1 amide bonds. The summed E-state index contributed by atoms with van der Waals surface area (Å²) in [6, 6.07) is 6.09. The molecule has 0 saturated heterocycles. The third-order valence-electron chi connectivity index (χ3n) is 2.77. The number of hydrogen-bond acceptors (Lipinski definition) is 4. The molecule has 1 aromatic carbocycles. The zero-order valence-corrected chi connectivity index (χ0v) is 11.8. The Morgan fingerprint density at radius 2 is 2.19 bits per heavy atom. The molecule has 5 nitrogen and oxygen atoms in total. The molecule has 0 aliphatic rings. The van der Waals surface area contributed by atoms with E-state index in [-0.39, 0.29) is 24.0 Å². The maximum Gasteiger partial charge on any atom is 0.271 e. The smallest absolute Gasteiger partial charge is 0.271 e. The molecule has 110 valence electrons. The molecule has 2 rings (SSSR count). The van der Waals surface area contributed by atoms with Gasteiger partial charge in [0, 0.05) is 13.1 Å². The Balaban J connectivity index is 1.96. The standard InChI is InChI=1S/C15H17FN4O/c1-2-6-18-14-10-17-9-13(20-14)15(21)19-8-11-4-3-5-12(16)7-11/h3-5,7,9-10H,2,6,8H2,1H3,(H,18,20)(H,19,21). The highest BCUT2D eigenvalue weighted by molar-refractivity contribution is 5.92. The number of anilines is 1. The molecule has 0 saturated carbocycles. The van der Waals surface area contributed by atoms with Gasteiger partial charge in [-0.25, -0.2) is 9.37 Å². The van der Waals surface area contributed by atoms with E-state index < -0.39 is 0 Å². The van der Waals surface area contributed by atoms with Crippen molar-refractivity contribution in [3.63, 3.8) is 0 Å². The fourth-order valence-corrected chi connectivity index (χ4v) is 1.73. The van der Waals surface area contributed by atoms with Crippen molar-refractivity contribution in [2.24, 2.45) is 0 Å². The van der Waals surface area contributed by atoms with E-state index in [1.807, 2.05) is 6.92 Å². The lowest BCUT2D eigenvalue weighted by atomic mass is 10.2. The van der Waals surface area contributed by atoms with Gasteiger partial charge in [0.1, 0.15) is 17.3 Å². The van der Waals surface area contributed by atoms with Gasteiger partial charge in [0.05, 0.1) is 12.4 Å². The second-order valence-electron chi connectivity index (χ2n) is 4.53. The van der Waals surface area contributed by atoms with Gasteiger partial charge in [-0.15, -0.1) is 0 Å². The summed E-state index contributed by atoms with van der Waals surface area (Å²) < 4.78 is 13.0. The van der Waals surface area contributed by atoms with Crippen LogP contribution in [-0.4, -0.2) is 22.4 Å². The third-order valence-corrected chi connectivity index (χ3v) is 2.77. The molecule has 1 aromatic heterocycles. The van der Waals surface area contributed by atoms with E-state index in [2.05, 4.69) is 20.6 Å². The van der Waals surface area contributed by atoms with Gasteiger partial charge < -0.3 is 10.6 Å². The molecule has 6 heteroatoms. The summed E-state index contributed by atoms with van der Waals surface area (Å²) >= 11 is 0. The van der Waals surface area contributed by atoms with Gasteiger partial charge in [-0.3, -0.25) is 9.78 Å². The maximum absolute atomic E-state index is 13.0. The maximum atomic E-state index is 13.0. The third kappa shape index (κ3) is 4.52. The minimum absolute atomic E-state index is 0.229. The van der Waals surface area contributed by atoms with Crippen LogP contribution in [0.15, 0.2) is 36.7 Å². The number of aromatic nitrogens is 2. The first-order valence-corrected chi connectivity index (χ1v) is 6.77. The Morgan fingerprint density at radius 1 is 1.33 bits per heavy atom. The molecule has 0 unspecified atom stereocenters. The number of nitrogens with one attached hydrogen (secondary N) is 2. The number of carbonyl (C=O) groups is 1. The predicted molar refractivity (Wildman–Crippen MR) is 78.4 cm³/mol. The van der Waals surface area contributed by atoms with Crippen LogP contribution < -0.4 is 10.6 Å². The zero-order chi connectivity index (χ0) is 15.1. The lowest BCUT2D eigenvalue weighted by Crippen LogP contribution is -2.24. The highest BCUT2D eigenvalue weighted by atomic mass is 19.1. The molecular weight excluding hydrogens is 271 g/mol. The Hall–Kier alpha value is -2.50. The van der Waals surface area contributed by atoms with E-state index in [0.717, 1.165) is 13.0 Å². The van der Waals surface area contributed by atoms with Gasteiger partial charge in [0.25, 0.3) is 5.91 Å². The fourth-order valence-electron chi connectivity index (χ4n) is 1.73. The van der Waals surface area contributed by atoms with Crippen LogP contribution in [0.1, 0.15) is 29.4 Å². The summed E-state index contributed by atoms with van der Waals surface area (Å²) in [5.41, 5.74) is 0.920. The van der Waals surface area contributed by atoms with E-state index in [0.29, 0.717) is 11.4 Å². The van der Waals surface area contributed by atoms with Crippen LogP contribution in [0.25, 0.3) is 0 Å². The van der Waals surface area contributed by atoms with Crippen molar-refractivity contribution in [3.8, 4) is 0 Å². The van der Waals surface area contributed by atoms with Gasteiger partial charge >= 0.3 is 0 Å². The molecule has 1 heterocycles. The molecule has 0 fully saturated rings. The normalized spacial score (nSPS) is 10.2. The van der Waals surface area contributed by atoms with Crippen molar-refractivity contribution in [2.45, 2.75) is 19.9 Å². The summed E-state index contributed by atoms with van der Waals surface area (Å²) in [6.07, 6.45) is 3.93. The SMILES string of the molecule is CCCNc1cncc(C(=O)NCc2cccc(F)c2)n1. The predicted octanol–water partition coefficient (Wildman–Crippen LogP) is 2.37. The monoisotopic (exact) mass is 288 g/mol. The van der Waals surface area contributed by atoms with E-state index >= 15 is 0 Å². The largest absolute Gasteiger partial charge is 0.369 e. The minimum Gasteiger partial charge on any atom is -0.369 e. The number of rotatable bonds is 6. The van der Waals surface area contributed by atoms with E-state index in [4.69, 9.17) is 0 Å². The molecule has 0 aliphatic heterocycles. The average Bonchev–Trinajstić information content (AvgIpc) is 2.51. The van der Waals surface area contributed by atoms with Crippen LogP contribution in [0.2, 0.25) is 0 Å². The van der Waals surface area contributed by atoms with Crippen molar-refractivity contribution in [1.29, 1.82) is 0 Å². The number of halogens is 1. The van der Waals surface area contributed by atoms with Crippen molar-refractivity contribution in [1.82, 2.24) is 15.3 Å². The Morgan fingerprint density at radius 3 is 2.95 bits per heavy atom. The highest BCUT2D eigenvalue weighted by Crippen LogP contribution is 2.05. The number of nitrogens with zero attached hydrogens (tertiary/aromatic N) is 2. The number of benzene rings is 1. The number of amides is 1.